The van der Waals surface area contributed by atoms with Crippen molar-refractivity contribution in [2.45, 2.75) is 13.8 Å². The van der Waals surface area contributed by atoms with Crippen molar-refractivity contribution in [1.82, 2.24) is 5.32 Å². The van der Waals surface area contributed by atoms with E-state index in [1.54, 1.807) is 0 Å². The second-order valence-electron chi connectivity index (χ2n) is 2.97. The molecule has 0 radical (unpaired) electrons. The second-order valence-corrected chi connectivity index (χ2v) is 2.97. The first-order valence-electron chi connectivity index (χ1n) is 4.14. The summed E-state index contributed by atoms with van der Waals surface area (Å²) in [5.41, 5.74) is 2.75. The minimum absolute atomic E-state index is 0.0896. The lowest BCUT2D eigenvalue weighted by Gasteiger charge is -2.08. The Kier molecular flexibility index (Phi) is 2.85. The van der Waals surface area contributed by atoms with E-state index in [0.29, 0.717) is 5.70 Å². The largest absolute Gasteiger partial charge is 0.326 e. The number of benzene rings is 1. The van der Waals surface area contributed by atoms with Crippen LogP contribution in [0.5, 0.6) is 0 Å². The van der Waals surface area contributed by atoms with Crippen LogP contribution >= 0.6 is 0 Å². The first-order chi connectivity index (χ1) is 6.11. The molecule has 1 amide bonds. The molecule has 0 spiro atoms. The van der Waals surface area contributed by atoms with Gasteiger partial charge in [0.1, 0.15) is 0 Å². The van der Waals surface area contributed by atoms with Crippen LogP contribution in [0.25, 0.3) is 5.70 Å². The molecule has 1 aromatic rings. The van der Waals surface area contributed by atoms with E-state index in [-0.39, 0.29) is 5.91 Å². The van der Waals surface area contributed by atoms with Gasteiger partial charge in [-0.2, -0.15) is 0 Å². The molecule has 0 aliphatic heterocycles. The topological polar surface area (TPSA) is 29.1 Å². The molecule has 0 heterocycles. The number of hydrogen-bond donors (Lipinski definition) is 1. The van der Waals surface area contributed by atoms with Gasteiger partial charge in [-0.25, -0.2) is 0 Å². The first-order valence-corrected chi connectivity index (χ1v) is 4.14. The average Bonchev–Trinajstić information content (AvgIpc) is 2.03. The zero-order valence-corrected chi connectivity index (χ0v) is 7.92. The molecule has 68 valence electrons. The highest BCUT2D eigenvalue weighted by Gasteiger charge is 2.02. The first kappa shape index (κ1) is 9.52. The standard InChI is InChI=1S/C11H13NO/c1-8-6-4-5-7-11(8)9(2)12-10(3)13/h4-7H,2H2,1,3H3,(H,12,13). The highest BCUT2D eigenvalue weighted by Crippen LogP contribution is 2.13. The van der Waals surface area contributed by atoms with Gasteiger partial charge in [0.2, 0.25) is 5.91 Å². The van der Waals surface area contributed by atoms with Gasteiger partial charge in [-0.1, -0.05) is 30.8 Å². The maximum absolute atomic E-state index is 10.8. The predicted octanol–water partition coefficient (Wildman–Crippen LogP) is 2.10. The van der Waals surface area contributed by atoms with Gasteiger partial charge >= 0.3 is 0 Å². The molecular formula is C11H13NO. The van der Waals surface area contributed by atoms with Crippen molar-refractivity contribution in [2.75, 3.05) is 0 Å². The molecule has 1 N–H and O–H groups in total. The molecular weight excluding hydrogens is 162 g/mol. The third-order valence-electron chi connectivity index (χ3n) is 1.80. The maximum atomic E-state index is 10.8. The van der Waals surface area contributed by atoms with Crippen LogP contribution in [0, 0.1) is 6.92 Å². The van der Waals surface area contributed by atoms with E-state index in [4.69, 9.17) is 0 Å². The minimum atomic E-state index is -0.0896. The summed E-state index contributed by atoms with van der Waals surface area (Å²) in [6, 6.07) is 7.81. The molecule has 0 aliphatic rings. The van der Waals surface area contributed by atoms with Crippen LogP contribution in [0.4, 0.5) is 0 Å². The summed E-state index contributed by atoms with van der Waals surface area (Å²) >= 11 is 0. The van der Waals surface area contributed by atoms with Crippen molar-refractivity contribution in [3.05, 3.63) is 42.0 Å². The van der Waals surface area contributed by atoms with E-state index < -0.39 is 0 Å². The fourth-order valence-corrected chi connectivity index (χ4v) is 1.19. The summed E-state index contributed by atoms with van der Waals surface area (Å²) in [7, 11) is 0. The lowest BCUT2D eigenvalue weighted by atomic mass is 10.1. The van der Waals surface area contributed by atoms with Crippen LogP contribution in [-0.4, -0.2) is 5.91 Å². The zero-order chi connectivity index (χ0) is 9.84. The van der Waals surface area contributed by atoms with Crippen molar-refractivity contribution in [3.63, 3.8) is 0 Å². The van der Waals surface area contributed by atoms with Gasteiger partial charge in [-0.15, -0.1) is 0 Å². The molecule has 2 heteroatoms. The SMILES string of the molecule is C=C(NC(C)=O)c1ccccc1C. The fraction of sp³-hybridized carbons (Fsp3) is 0.182. The molecule has 0 aliphatic carbocycles. The Bertz CT molecular complexity index is 342. The van der Waals surface area contributed by atoms with Gasteiger partial charge in [0.15, 0.2) is 0 Å². The number of aryl methyl sites for hydroxylation is 1. The van der Waals surface area contributed by atoms with Crippen molar-refractivity contribution in [3.8, 4) is 0 Å². The maximum Gasteiger partial charge on any atom is 0.221 e. The highest BCUT2D eigenvalue weighted by molar-refractivity contribution is 5.84. The molecule has 0 aromatic heterocycles. The van der Waals surface area contributed by atoms with Crippen LogP contribution < -0.4 is 5.32 Å². The lowest BCUT2D eigenvalue weighted by Crippen LogP contribution is -2.17. The van der Waals surface area contributed by atoms with Gasteiger partial charge in [0.05, 0.1) is 0 Å². The van der Waals surface area contributed by atoms with Crippen molar-refractivity contribution in [2.24, 2.45) is 0 Å². The molecule has 0 fully saturated rings. The number of hydrogen-bond acceptors (Lipinski definition) is 1. The molecule has 0 atom stereocenters. The predicted molar refractivity (Wildman–Crippen MR) is 54.0 cm³/mol. The summed E-state index contributed by atoms with van der Waals surface area (Å²) in [6.45, 7) is 7.26. The molecule has 2 nitrogen and oxygen atoms in total. The van der Waals surface area contributed by atoms with Gasteiger partial charge in [0, 0.05) is 18.2 Å². The normalized spacial score (nSPS) is 9.38. The minimum Gasteiger partial charge on any atom is -0.326 e. The average molecular weight is 175 g/mol. The Morgan fingerprint density at radius 1 is 1.38 bits per heavy atom. The lowest BCUT2D eigenvalue weighted by molar-refractivity contribution is -0.117. The van der Waals surface area contributed by atoms with Crippen LogP contribution in [0.1, 0.15) is 18.1 Å². The third-order valence-corrected chi connectivity index (χ3v) is 1.80. The quantitative estimate of drug-likeness (QED) is 0.732. The Labute approximate surface area is 78.3 Å². The van der Waals surface area contributed by atoms with Crippen molar-refractivity contribution in [1.29, 1.82) is 0 Å². The second kappa shape index (κ2) is 3.90. The zero-order valence-electron chi connectivity index (χ0n) is 7.92. The van der Waals surface area contributed by atoms with Crippen molar-refractivity contribution < 1.29 is 4.79 Å². The van der Waals surface area contributed by atoms with E-state index in [1.807, 2.05) is 31.2 Å². The summed E-state index contributed by atoms with van der Waals surface area (Å²) in [6.07, 6.45) is 0. The Morgan fingerprint density at radius 3 is 2.54 bits per heavy atom. The Balaban J connectivity index is 2.89. The number of carbonyl (C=O) groups excluding carboxylic acids is 1. The van der Waals surface area contributed by atoms with E-state index in [9.17, 15) is 4.79 Å². The number of amides is 1. The Morgan fingerprint density at radius 2 is 2.00 bits per heavy atom. The van der Waals surface area contributed by atoms with Gasteiger partial charge in [0.25, 0.3) is 0 Å². The summed E-state index contributed by atoms with van der Waals surface area (Å²) in [5.74, 6) is -0.0896. The molecule has 0 saturated heterocycles. The van der Waals surface area contributed by atoms with E-state index >= 15 is 0 Å². The van der Waals surface area contributed by atoms with Crippen LogP contribution in [0.3, 0.4) is 0 Å². The molecule has 0 unspecified atom stereocenters. The van der Waals surface area contributed by atoms with Gasteiger partial charge in [-0.3, -0.25) is 4.79 Å². The van der Waals surface area contributed by atoms with E-state index in [0.717, 1.165) is 11.1 Å². The van der Waals surface area contributed by atoms with E-state index in [1.165, 1.54) is 6.92 Å². The van der Waals surface area contributed by atoms with Crippen LogP contribution in [0.2, 0.25) is 0 Å². The molecule has 1 rings (SSSR count). The number of rotatable bonds is 2. The molecule has 0 saturated carbocycles. The third kappa shape index (κ3) is 2.44. The van der Waals surface area contributed by atoms with Crippen LogP contribution in [-0.2, 0) is 4.79 Å². The number of carbonyl (C=O) groups is 1. The van der Waals surface area contributed by atoms with E-state index in [2.05, 4.69) is 11.9 Å². The van der Waals surface area contributed by atoms with Gasteiger partial charge < -0.3 is 5.32 Å². The monoisotopic (exact) mass is 175 g/mol. The summed E-state index contributed by atoms with van der Waals surface area (Å²) < 4.78 is 0. The smallest absolute Gasteiger partial charge is 0.221 e. The molecule has 13 heavy (non-hydrogen) atoms. The van der Waals surface area contributed by atoms with Crippen LogP contribution in [0.15, 0.2) is 30.8 Å². The summed E-state index contributed by atoms with van der Waals surface area (Å²) in [4.78, 5) is 10.8. The van der Waals surface area contributed by atoms with Gasteiger partial charge in [-0.05, 0) is 12.5 Å². The number of nitrogens with one attached hydrogen (secondary N) is 1. The molecule has 0 bridgehead atoms. The summed E-state index contributed by atoms with van der Waals surface area (Å²) in [5, 5.41) is 2.67. The fourth-order valence-electron chi connectivity index (χ4n) is 1.19. The Hall–Kier alpha value is -1.57. The highest BCUT2D eigenvalue weighted by atomic mass is 16.1. The molecule has 1 aromatic carbocycles. The van der Waals surface area contributed by atoms with Crippen molar-refractivity contribution >= 4 is 11.6 Å².